The predicted molar refractivity (Wildman–Crippen MR) is 74.2 cm³/mol. The Morgan fingerprint density at radius 1 is 1.42 bits per heavy atom. The lowest BCUT2D eigenvalue weighted by molar-refractivity contribution is 0.0526. The van der Waals surface area contributed by atoms with Crippen LogP contribution >= 0.6 is 0 Å². The number of rotatable bonds is 3. The number of anilines is 1. The van der Waals surface area contributed by atoms with Crippen LogP contribution in [0.4, 0.5) is 5.82 Å². The minimum Gasteiger partial charge on any atom is -0.369 e. The first kappa shape index (κ1) is 13.7. The van der Waals surface area contributed by atoms with Gasteiger partial charge in [0.2, 0.25) is 0 Å². The van der Waals surface area contributed by atoms with E-state index in [-0.39, 0.29) is 11.9 Å². The Morgan fingerprint density at radius 2 is 2.21 bits per heavy atom. The summed E-state index contributed by atoms with van der Waals surface area (Å²) in [7, 11) is 2.07. The average molecular weight is 263 g/mol. The Bertz CT molecular complexity index is 433. The van der Waals surface area contributed by atoms with Crippen LogP contribution in [-0.2, 0) is 0 Å². The van der Waals surface area contributed by atoms with Gasteiger partial charge in [0.15, 0.2) is 5.69 Å². The molecule has 6 heteroatoms. The topological polar surface area (TPSA) is 61.4 Å². The van der Waals surface area contributed by atoms with Crippen molar-refractivity contribution >= 4 is 11.7 Å². The molecule has 0 aromatic carbocycles. The van der Waals surface area contributed by atoms with Crippen molar-refractivity contribution in [2.75, 3.05) is 38.5 Å². The second-order valence-electron chi connectivity index (χ2n) is 4.94. The number of piperazine rings is 1. The highest BCUT2D eigenvalue weighted by Gasteiger charge is 2.27. The lowest BCUT2D eigenvalue weighted by atomic mass is 10.2. The SMILES string of the molecule is CCNc1ccc(C(=O)N2CCN(C)CC2C)nn1. The smallest absolute Gasteiger partial charge is 0.274 e. The summed E-state index contributed by atoms with van der Waals surface area (Å²) in [4.78, 5) is 16.5. The van der Waals surface area contributed by atoms with Gasteiger partial charge in [0, 0.05) is 32.2 Å². The van der Waals surface area contributed by atoms with Gasteiger partial charge in [0.25, 0.3) is 5.91 Å². The molecule has 1 aliphatic rings. The molecule has 2 rings (SSSR count). The molecule has 0 bridgehead atoms. The van der Waals surface area contributed by atoms with Crippen LogP contribution in [0.15, 0.2) is 12.1 Å². The molecule has 0 saturated carbocycles. The van der Waals surface area contributed by atoms with Crippen LogP contribution in [0.25, 0.3) is 0 Å². The van der Waals surface area contributed by atoms with E-state index in [1.807, 2.05) is 11.8 Å². The van der Waals surface area contributed by atoms with Gasteiger partial charge in [0.05, 0.1) is 0 Å². The molecule has 2 heterocycles. The molecule has 1 atom stereocenters. The number of hydrogen-bond acceptors (Lipinski definition) is 5. The van der Waals surface area contributed by atoms with Gasteiger partial charge in [0.1, 0.15) is 5.82 Å². The molecule has 6 nitrogen and oxygen atoms in total. The third-order valence-electron chi connectivity index (χ3n) is 3.33. The minimum absolute atomic E-state index is 0.0313. The first-order valence-corrected chi connectivity index (χ1v) is 6.69. The van der Waals surface area contributed by atoms with E-state index in [1.54, 1.807) is 12.1 Å². The molecule has 1 fully saturated rings. The lowest BCUT2D eigenvalue weighted by Gasteiger charge is -2.37. The van der Waals surface area contributed by atoms with Crippen molar-refractivity contribution in [3.05, 3.63) is 17.8 Å². The molecular formula is C13H21N5O. The molecule has 1 amide bonds. The summed E-state index contributed by atoms with van der Waals surface area (Å²) in [6.45, 7) is 7.39. The summed E-state index contributed by atoms with van der Waals surface area (Å²) >= 11 is 0. The third-order valence-corrected chi connectivity index (χ3v) is 3.33. The Morgan fingerprint density at radius 3 is 2.79 bits per heavy atom. The fourth-order valence-electron chi connectivity index (χ4n) is 2.31. The molecule has 0 radical (unpaired) electrons. The van der Waals surface area contributed by atoms with Crippen molar-refractivity contribution in [2.24, 2.45) is 0 Å². The molecule has 104 valence electrons. The van der Waals surface area contributed by atoms with Crippen LogP contribution < -0.4 is 5.32 Å². The molecule has 1 saturated heterocycles. The van der Waals surface area contributed by atoms with Gasteiger partial charge in [-0.2, -0.15) is 0 Å². The first-order valence-electron chi connectivity index (χ1n) is 6.69. The first-order chi connectivity index (χ1) is 9.11. The Balaban J connectivity index is 2.06. The number of carbonyl (C=O) groups is 1. The molecule has 1 aliphatic heterocycles. The Kier molecular flexibility index (Phi) is 4.31. The maximum atomic E-state index is 12.4. The van der Waals surface area contributed by atoms with E-state index in [0.717, 1.165) is 26.2 Å². The lowest BCUT2D eigenvalue weighted by Crippen LogP contribution is -2.52. The number of nitrogens with zero attached hydrogens (tertiary/aromatic N) is 4. The van der Waals surface area contributed by atoms with E-state index >= 15 is 0 Å². The minimum atomic E-state index is -0.0313. The number of carbonyl (C=O) groups excluding carboxylic acids is 1. The molecule has 1 N–H and O–H groups in total. The highest BCUT2D eigenvalue weighted by atomic mass is 16.2. The molecule has 0 aliphatic carbocycles. The summed E-state index contributed by atoms with van der Waals surface area (Å²) in [6, 6.07) is 3.74. The van der Waals surface area contributed by atoms with Crippen LogP contribution in [0.3, 0.4) is 0 Å². The van der Waals surface area contributed by atoms with Gasteiger partial charge in [-0.25, -0.2) is 0 Å². The van der Waals surface area contributed by atoms with Crippen molar-refractivity contribution in [1.29, 1.82) is 0 Å². The maximum absolute atomic E-state index is 12.4. The van der Waals surface area contributed by atoms with E-state index in [4.69, 9.17) is 0 Å². The number of aromatic nitrogens is 2. The van der Waals surface area contributed by atoms with E-state index in [0.29, 0.717) is 11.5 Å². The van der Waals surface area contributed by atoms with Gasteiger partial charge in [-0.05, 0) is 33.0 Å². The second-order valence-corrected chi connectivity index (χ2v) is 4.94. The van der Waals surface area contributed by atoms with Gasteiger partial charge < -0.3 is 15.1 Å². The van der Waals surface area contributed by atoms with Gasteiger partial charge in [-0.1, -0.05) is 0 Å². The van der Waals surface area contributed by atoms with Crippen molar-refractivity contribution in [1.82, 2.24) is 20.0 Å². The summed E-state index contributed by atoms with van der Waals surface area (Å²) in [5.41, 5.74) is 0.415. The fourth-order valence-corrected chi connectivity index (χ4v) is 2.31. The highest BCUT2D eigenvalue weighted by molar-refractivity contribution is 5.92. The molecule has 1 aromatic rings. The molecule has 19 heavy (non-hydrogen) atoms. The fraction of sp³-hybridized carbons (Fsp3) is 0.615. The van der Waals surface area contributed by atoms with Crippen molar-refractivity contribution in [2.45, 2.75) is 19.9 Å². The standard InChI is InChI=1S/C13H21N5O/c1-4-14-12-6-5-11(15-16-12)13(19)18-8-7-17(3)9-10(18)2/h5-6,10H,4,7-9H2,1-3H3,(H,14,16). The molecular weight excluding hydrogens is 242 g/mol. The van der Waals surface area contributed by atoms with Crippen LogP contribution in [0, 0.1) is 0 Å². The van der Waals surface area contributed by atoms with Crippen molar-refractivity contribution < 1.29 is 4.79 Å². The van der Waals surface area contributed by atoms with Crippen LogP contribution in [0.5, 0.6) is 0 Å². The largest absolute Gasteiger partial charge is 0.369 e. The van der Waals surface area contributed by atoms with E-state index < -0.39 is 0 Å². The number of likely N-dealkylation sites (N-methyl/N-ethyl adjacent to an activating group) is 1. The Labute approximate surface area is 113 Å². The predicted octanol–water partition coefficient (Wildman–Crippen LogP) is 0.684. The zero-order valence-electron chi connectivity index (χ0n) is 11.8. The summed E-state index contributed by atoms with van der Waals surface area (Å²) in [6.07, 6.45) is 0. The third kappa shape index (κ3) is 3.20. The quantitative estimate of drug-likeness (QED) is 0.869. The van der Waals surface area contributed by atoms with Gasteiger partial charge >= 0.3 is 0 Å². The van der Waals surface area contributed by atoms with Crippen LogP contribution in [0.2, 0.25) is 0 Å². The second kappa shape index (κ2) is 5.97. The van der Waals surface area contributed by atoms with Gasteiger partial charge in [-0.3, -0.25) is 4.79 Å². The zero-order valence-corrected chi connectivity index (χ0v) is 11.8. The number of hydrogen-bond donors (Lipinski definition) is 1. The van der Waals surface area contributed by atoms with Crippen molar-refractivity contribution in [3.63, 3.8) is 0 Å². The summed E-state index contributed by atoms with van der Waals surface area (Å²) in [5, 5.41) is 11.1. The van der Waals surface area contributed by atoms with E-state index in [9.17, 15) is 4.79 Å². The molecule has 0 spiro atoms. The highest BCUT2D eigenvalue weighted by Crippen LogP contribution is 2.12. The number of amides is 1. The maximum Gasteiger partial charge on any atom is 0.274 e. The normalized spacial score (nSPS) is 20.4. The average Bonchev–Trinajstić information content (AvgIpc) is 2.39. The van der Waals surface area contributed by atoms with Crippen LogP contribution in [0.1, 0.15) is 24.3 Å². The summed E-state index contributed by atoms with van der Waals surface area (Å²) in [5.74, 6) is 0.668. The summed E-state index contributed by atoms with van der Waals surface area (Å²) < 4.78 is 0. The Hall–Kier alpha value is -1.69. The zero-order chi connectivity index (χ0) is 13.8. The van der Waals surface area contributed by atoms with E-state index in [1.165, 1.54) is 0 Å². The molecule has 1 unspecified atom stereocenters. The molecule has 1 aromatic heterocycles. The number of nitrogens with one attached hydrogen (secondary N) is 1. The van der Waals surface area contributed by atoms with Crippen LogP contribution in [-0.4, -0.2) is 65.2 Å². The van der Waals surface area contributed by atoms with Crippen molar-refractivity contribution in [3.8, 4) is 0 Å². The monoisotopic (exact) mass is 263 g/mol. The van der Waals surface area contributed by atoms with Gasteiger partial charge in [-0.15, -0.1) is 10.2 Å². The van der Waals surface area contributed by atoms with E-state index in [2.05, 4.69) is 34.4 Å².